The van der Waals surface area contributed by atoms with E-state index < -0.39 is 11.0 Å². The highest BCUT2D eigenvalue weighted by Crippen LogP contribution is 2.78. The number of hydrogen-bond donors (Lipinski definition) is 3. The van der Waals surface area contributed by atoms with E-state index in [1.807, 2.05) is 12.1 Å². The van der Waals surface area contributed by atoms with Gasteiger partial charge >= 0.3 is 0 Å². The van der Waals surface area contributed by atoms with Gasteiger partial charge in [0.05, 0.1) is 23.2 Å². The standard InChI is InChI=1S/C36H45NO4S/c1-32-12-9-25(39)19-34(32)15-16-36(26(20-34)31(40)28-18-23-6-3-4-8-27(23)42-28)29(32)10-13-33(2)30(36)11-14-35(33,41)22-37-17-5-7-24(37)21-38/h3-4,6,8,15-16,18,20,24-25,29-30,38-39,41H,5,7,9-14,17,19,21-22H2,1-2H3/t24-,25?,29+,30+,32+,33-,34-,35+,36+/m0/s1. The van der Waals surface area contributed by atoms with Gasteiger partial charge in [0.15, 0.2) is 5.78 Å². The molecule has 0 amide bonds. The van der Waals surface area contributed by atoms with Crippen LogP contribution in [0, 0.1) is 33.5 Å². The third-order valence-electron chi connectivity index (χ3n) is 13.8. The molecule has 0 radical (unpaired) electrons. The van der Waals surface area contributed by atoms with E-state index in [9.17, 15) is 20.1 Å². The predicted octanol–water partition coefficient (Wildman–Crippen LogP) is 6.13. The van der Waals surface area contributed by atoms with Crippen LogP contribution in [0.15, 0.2) is 54.1 Å². The fourth-order valence-corrected chi connectivity index (χ4v) is 12.5. The number of β-amino-alcohol motifs (C(OH)–C–C–N with tert-alkyl or cyclic N) is 1. The zero-order valence-electron chi connectivity index (χ0n) is 25.0. The number of aliphatic hydroxyl groups is 3. The highest BCUT2D eigenvalue weighted by Gasteiger charge is 2.74. The van der Waals surface area contributed by atoms with Crippen LogP contribution < -0.4 is 0 Å². The van der Waals surface area contributed by atoms with Gasteiger partial charge in [-0.25, -0.2) is 0 Å². The molecule has 2 aromatic rings. The van der Waals surface area contributed by atoms with E-state index in [0.717, 1.165) is 78.4 Å². The first-order chi connectivity index (χ1) is 20.1. The number of allylic oxidation sites excluding steroid dienone is 4. The Labute approximate surface area is 253 Å². The molecule has 1 aliphatic heterocycles. The number of thiophene rings is 1. The molecule has 6 aliphatic carbocycles. The van der Waals surface area contributed by atoms with Gasteiger partial charge in [0.25, 0.3) is 0 Å². The first kappa shape index (κ1) is 27.7. The summed E-state index contributed by atoms with van der Waals surface area (Å²) in [5.74, 6) is 0.608. The van der Waals surface area contributed by atoms with E-state index in [-0.39, 0.29) is 46.7 Å². The molecule has 2 heterocycles. The summed E-state index contributed by atoms with van der Waals surface area (Å²) in [6.45, 7) is 6.44. The number of likely N-dealkylation sites (tertiary alicyclic amines) is 1. The van der Waals surface area contributed by atoms with Crippen molar-refractivity contribution in [3.05, 3.63) is 59.0 Å². The van der Waals surface area contributed by atoms with Crippen molar-refractivity contribution < 1.29 is 20.1 Å². The van der Waals surface area contributed by atoms with Gasteiger partial charge in [0, 0.05) is 39.1 Å². The van der Waals surface area contributed by atoms with Crippen molar-refractivity contribution in [3.63, 3.8) is 0 Å². The summed E-state index contributed by atoms with van der Waals surface area (Å²) in [5, 5.41) is 34.7. The van der Waals surface area contributed by atoms with Crippen molar-refractivity contribution in [2.45, 2.75) is 89.4 Å². The van der Waals surface area contributed by atoms with Crippen LogP contribution in [0.4, 0.5) is 0 Å². The van der Waals surface area contributed by atoms with Crippen LogP contribution in [0.5, 0.6) is 0 Å². The lowest BCUT2D eigenvalue weighted by Gasteiger charge is -2.71. The number of aliphatic hydroxyl groups excluding tert-OH is 2. The highest BCUT2D eigenvalue weighted by atomic mass is 32.1. The summed E-state index contributed by atoms with van der Waals surface area (Å²) in [7, 11) is 0. The molecule has 42 heavy (non-hydrogen) atoms. The molecule has 1 unspecified atom stereocenters. The Morgan fingerprint density at radius 1 is 1.02 bits per heavy atom. The molecule has 1 aromatic carbocycles. The van der Waals surface area contributed by atoms with Crippen molar-refractivity contribution in [2.75, 3.05) is 19.7 Å². The van der Waals surface area contributed by atoms with E-state index in [1.54, 1.807) is 11.3 Å². The third kappa shape index (κ3) is 3.37. The number of fused-ring (bicyclic) bond motifs is 2. The zero-order valence-corrected chi connectivity index (χ0v) is 25.8. The van der Waals surface area contributed by atoms with Gasteiger partial charge in [-0.15, -0.1) is 11.3 Å². The van der Waals surface area contributed by atoms with Crippen LogP contribution in [-0.4, -0.2) is 63.4 Å². The molecule has 224 valence electrons. The molecular formula is C36H45NO4S. The van der Waals surface area contributed by atoms with Crippen LogP contribution in [0.3, 0.4) is 0 Å². The Balaban J connectivity index is 1.26. The Morgan fingerprint density at radius 2 is 1.79 bits per heavy atom. The van der Waals surface area contributed by atoms with Crippen molar-refractivity contribution in [3.8, 4) is 0 Å². The number of ketones is 1. The predicted molar refractivity (Wildman–Crippen MR) is 166 cm³/mol. The van der Waals surface area contributed by atoms with Gasteiger partial charge in [0.2, 0.25) is 0 Å². The first-order valence-electron chi connectivity index (χ1n) is 16.3. The highest BCUT2D eigenvalue weighted by molar-refractivity contribution is 7.21. The lowest BCUT2D eigenvalue weighted by atomic mass is 9.32. The van der Waals surface area contributed by atoms with Gasteiger partial charge in [-0.3, -0.25) is 9.69 Å². The first-order valence-corrected chi connectivity index (χ1v) is 17.1. The molecule has 1 aromatic heterocycles. The van der Waals surface area contributed by atoms with Crippen molar-refractivity contribution in [2.24, 2.45) is 33.5 Å². The van der Waals surface area contributed by atoms with Crippen molar-refractivity contribution in [1.82, 2.24) is 4.90 Å². The summed E-state index contributed by atoms with van der Waals surface area (Å²) in [5.41, 5.74) is -1.02. The molecule has 2 bridgehead atoms. The molecule has 7 aliphatic rings. The van der Waals surface area contributed by atoms with Crippen molar-refractivity contribution in [1.29, 1.82) is 0 Å². The second-order valence-electron chi connectivity index (χ2n) is 15.2. The summed E-state index contributed by atoms with van der Waals surface area (Å²) < 4.78 is 1.14. The average Bonchev–Trinajstić information content (AvgIpc) is 3.68. The number of carbonyl (C=O) groups excluding carboxylic acids is 1. The lowest BCUT2D eigenvalue weighted by Crippen LogP contribution is -2.67. The maximum absolute atomic E-state index is 14.8. The van der Waals surface area contributed by atoms with Crippen LogP contribution in [0.1, 0.15) is 81.3 Å². The number of nitrogens with zero attached hydrogens (tertiary/aromatic N) is 1. The Bertz CT molecular complexity index is 1480. The average molecular weight is 588 g/mol. The number of rotatable bonds is 5. The molecule has 3 saturated carbocycles. The number of benzene rings is 1. The summed E-state index contributed by atoms with van der Waals surface area (Å²) in [6.07, 6.45) is 14.9. The molecule has 4 fully saturated rings. The number of carbonyl (C=O) groups is 1. The second kappa shape index (κ2) is 9.10. The Hall–Kier alpha value is -1.83. The number of hydrogen-bond acceptors (Lipinski definition) is 6. The normalized spacial score (nSPS) is 46.0. The minimum Gasteiger partial charge on any atom is -0.395 e. The number of Topliss-reactive ketones (excluding diaryl/α,β-unsaturated/α-hetero) is 1. The summed E-state index contributed by atoms with van der Waals surface area (Å²) in [4.78, 5) is 18.0. The lowest BCUT2D eigenvalue weighted by molar-refractivity contribution is -0.177. The maximum atomic E-state index is 14.8. The Kier molecular flexibility index (Phi) is 6.00. The molecular weight excluding hydrogens is 542 g/mol. The van der Waals surface area contributed by atoms with Gasteiger partial charge in [0.1, 0.15) is 0 Å². The molecule has 6 heteroatoms. The molecule has 9 rings (SSSR count). The van der Waals surface area contributed by atoms with Crippen LogP contribution in [-0.2, 0) is 0 Å². The Morgan fingerprint density at radius 3 is 2.60 bits per heavy atom. The van der Waals surface area contributed by atoms with E-state index in [2.05, 4.69) is 55.2 Å². The van der Waals surface area contributed by atoms with Crippen molar-refractivity contribution >= 4 is 27.2 Å². The molecule has 1 saturated heterocycles. The molecule has 2 spiro atoms. The maximum Gasteiger partial charge on any atom is 0.199 e. The summed E-state index contributed by atoms with van der Waals surface area (Å²) >= 11 is 1.59. The minimum atomic E-state index is -0.857. The van der Waals surface area contributed by atoms with Crippen LogP contribution in [0.2, 0.25) is 0 Å². The van der Waals surface area contributed by atoms with Gasteiger partial charge in [-0.2, -0.15) is 0 Å². The molecule has 3 N–H and O–H groups in total. The van der Waals surface area contributed by atoms with Gasteiger partial charge in [-0.05, 0) is 99.1 Å². The fraction of sp³-hybridized carbons (Fsp3) is 0.639. The monoisotopic (exact) mass is 587 g/mol. The smallest absolute Gasteiger partial charge is 0.199 e. The largest absolute Gasteiger partial charge is 0.395 e. The topological polar surface area (TPSA) is 81.0 Å². The molecule has 5 nitrogen and oxygen atoms in total. The zero-order chi connectivity index (χ0) is 29.1. The second-order valence-corrected chi connectivity index (χ2v) is 16.3. The van der Waals surface area contributed by atoms with E-state index in [4.69, 9.17) is 0 Å². The van der Waals surface area contributed by atoms with E-state index in [0.29, 0.717) is 18.9 Å². The van der Waals surface area contributed by atoms with E-state index >= 15 is 0 Å². The fourth-order valence-electron chi connectivity index (χ4n) is 11.5. The SMILES string of the molecule is C[C@]12CC[C@H]3[C@]4(C=C[C@@]5(C=C4C(=O)c4cc6ccccc6s4)CC(O)CC[C@]35C)[C@@H]1CC[C@@]2(O)CN1CCC[C@H]1CO. The van der Waals surface area contributed by atoms with E-state index in [1.165, 1.54) is 0 Å². The summed E-state index contributed by atoms with van der Waals surface area (Å²) in [6, 6.07) is 10.5. The van der Waals surface area contributed by atoms with Gasteiger partial charge in [-0.1, -0.05) is 50.3 Å². The molecule has 9 atom stereocenters. The van der Waals surface area contributed by atoms with Crippen LogP contribution in [0.25, 0.3) is 10.1 Å². The third-order valence-corrected chi connectivity index (χ3v) is 14.9. The minimum absolute atomic E-state index is 0.0239. The van der Waals surface area contributed by atoms with Gasteiger partial charge < -0.3 is 15.3 Å². The van der Waals surface area contributed by atoms with Crippen LogP contribution >= 0.6 is 11.3 Å². The quantitative estimate of drug-likeness (QED) is 0.290.